The Bertz CT molecular complexity index is 615. The number of hydrogen-bond acceptors (Lipinski definition) is 2. The molecule has 1 aromatic heterocycles. The van der Waals surface area contributed by atoms with Gasteiger partial charge in [-0.05, 0) is 37.6 Å². The SMILES string of the molecule is Cc1cc(CNc2ccccc2C(=O)O)c(C)n1C. The van der Waals surface area contributed by atoms with Crippen molar-refractivity contribution in [3.8, 4) is 0 Å². The summed E-state index contributed by atoms with van der Waals surface area (Å²) in [6.07, 6.45) is 0. The van der Waals surface area contributed by atoms with Crippen molar-refractivity contribution >= 4 is 11.7 Å². The maximum atomic E-state index is 11.1. The van der Waals surface area contributed by atoms with Crippen molar-refractivity contribution in [3.05, 3.63) is 52.8 Å². The summed E-state index contributed by atoms with van der Waals surface area (Å²) in [6, 6.07) is 9.07. The molecule has 0 spiro atoms. The zero-order valence-corrected chi connectivity index (χ0v) is 11.4. The molecule has 1 aromatic carbocycles. The number of aromatic carboxylic acids is 1. The summed E-state index contributed by atoms with van der Waals surface area (Å²) < 4.78 is 2.13. The van der Waals surface area contributed by atoms with E-state index < -0.39 is 5.97 Å². The first-order valence-electron chi connectivity index (χ1n) is 6.18. The molecule has 0 aliphatic rings. The van der Waals surface area contributed by atoms with Gasteiger partial charge in [0.2, 0.25) is 0 Å². The van der Waals surface area contributed by atoms with Gasteiger partial charge in [0, 0.05) is 30.7 Å². The van der Waals surface area contributed by atoms with Crippen LogP contribution in [0.3, 0.4) is 0 Å². The van der Waals surface area contributed by atoms with Gasteiger partial charge in [-0.3, -0.25) is 0 Å². The standard InChI is InChI=1S/C15H18N2O2/c1-10-8-12(11(2)17(10)3)9-16-14-7-5-4-6-13(14)15(18)19/h4-8,16H,9H2,1-3H3,(H,18,19). The molecule has 0 unspecified atom stereocenters. The number of para-hydroxylation sites is 1. The van der Waals surface area contributed by atoms with Crippen molar-refractivity contribution in [1.82, 2.24) is 4.57 Å². The number of nitrogens with zero attached hydrogens (tertiary/aromatic N) is 1. The highest BCUT2D eigenvalue weighted by molar-refractivity contribution is 5.94. The first kappa shape index (κ1) is 13.2. The minimum atomic E-state index is -0.913. The molecular formula is C15H18N2O2. The van der Waals surface area contributed by atoms with Crippen LogP contribution >= 0.6 is 0 Å². The van der Waals surface area contributed by atoms with Crippen molar-refractivity contribution in [2.45, 2.75) is 20.4 Å². The van der Waals surface area contributed by atoms with Gasteiger partial charge in [-0.1, -0.05) is 12.1 Å². The highest BCUT2D eigenvalue weighted by Crippen LogP contribution is 2.18. The van der Waals surface area contributed by atoms with Gasteiger partial charge in [0.25, 0.3) is 0 Å². The summed E-state index contributed by atoms with van der Waals surface area (Å²) in [4.78, 5) is 11.1. The Morgan fingerprint density at radius 1 is 1.32 bits per heavy atom. The fourth-order valence-corrected chi connectivity index (χ4v) is 2.13. The molecule has 0 radical (unpaired) electrons. The quantitative estimate of drug-likeness (QED) is 0.886. The molecule has 0 saturated carbocycles. The second-order valence-corrected chi connectivity index (χ2v) is 4.66. The molecule has 4 heteroatoms. The second-order valence-electron chi connectivity index (χ2n) is 4.66. The minimum absolute atomic E-state index is 0.299. The van der Waals surface area contributed by atoms with E-state index in [0.29, 0.717) is 17.8 Å². The lowest BCUT2D eigenvalue weighted by Gasteiger charge is -2.09. The van der Waals surface area contributed by atoms with E-state index in [1.807, 2.05) is 13.1 Å². The summed E-state index contributed by atoms with van der Waals surface area (Å²) in [5, 5.41) is 12.3. The van der Waals surface area contributed by atoms with Crippen LogP contribution in [0, 0.1) is 13.8 Å². The molecule has 0 bridgehead atoms. The molecule has 0 aliphatic carbocycles. The fourth-order valence-electron chi connectivity index (χ4n) is 2.13. The average molecular weight is 258 g/mol. The average Bonchev–Trinajstić information content (AvgIpc) is 2.64. The number of anilines is 1. The van der Waals surface area contributed by atoms with E-state index in [0.717, 1.165) is 0 Å². The molecule has 0 amide bonds. The number of carboxylic acid groups (broad SMARTS) is 1. The molecule has 100 valence electrons. The molecule has 1 heterocycles. The third-order valence-electron chi connectivity index (χ3n) is 3.51. The third kappa shape index (κ3) is 2.62. The van der Waals surface area contributed by atoms with Crippen LogP contribution in [0.1, 0.15) is 27.3 Å². The number of benzene rings is 1. The Morgan fingerprint density at radius 3 is 2.58 bits per heavy atom. The van der Waals surface area contributed by atoms with Gasteiger partial charge >= 0.3 is 5.97 Å². The van der Waals surface area contributed by atoms with E-state index in [4.69, 9.17) is 5.11 Å². The first-order chi connectivity index (χ1) is 9.00. The Kier molecular flexibility index (Phi) is 3.60. The number of carbonyl (C=O) groups is 1. The normalized spacial score (nSPS) is 10.5. The zero-order chi connectivity index (χ0) is 14.0. The van der Waals surface area contributed by atoms with Crippen LogP contribution < -0.4 is 5.32 Å². The van der Waals surface area contributed by atoms with Gasteiger partial charge in [-0.2, -0.15) is 0 Å². The predicted molar refractivity (Wildman–Crippen MR) is 75.6 cm³/mol. The van der Waals surface area contributed by atoms with Crippen LogP contribution in [0.2, 0.25) is 0 Å². The van der Waals surface area contributed by atoms with Crippen LogP contribution in [0.4, 0.5) is 5.69 Å². The lowest BCUT2D eigenvalue weighted by Crippen LogP contribution is -2.06. The largest absolute Gasteiger partial charge is 0.478 e. The van der Waals surface area contributed by atoms with E-state index in [1.54, 1.807) is 18.2 Å². The topological polar surface area (TPSA) is 54.3 Å². The number of nitrogens with one attached hydrogen (secondary N) is 1. The molecule has 4 nitrogen and oxygen atoms in total. The summed E-state index contributed by atoms with van der Waals surface area (Å²) in [6.45, 7) is 4.74. The summed E-state index contributed by atoms with van der Waals surface area (Å²) >= 11 is 0. The number of aryl methyl sites for hydroxylation is 1. The van der Waals surface area contributed by atoms with Gasteiger partial charge in [-0.25, -0.2) is 4.79 Å². The smallest absolute Gasteiger partial charge is 0.337 e. The monoisotopic (exact) mass is 258 g/mol. The lowest BCUT2D eigenvalue weighted by atomic mass is 10.1. The van der Waals surface area contributed by atoms with Gasteiger partial charge in [0.15, 0.2) is 0 Å². The van der Waals surface area contributed by atoms with Crippen LogP contribution in [0.25, 0.3) is 0 Å². The van der Waals surface area contributed by atoms with E-state index >= 15 is 0 Å². The summed E-state index contributed by atoms with van der Waals surface area (Å²) in [5.41, 5.74) is 4.52. The second kappa shape index (κ2) is 5.18. The van der Waals surface area contributed by atoms with Gasteiger partial charge in [-0.15, -0.1) is 0 Å². The van der Waals surface area contributed by atoms with E-state index in [-0.39, 0.29) is 0 Å². The molecule has 2 rings (SSSR count). The van der Waals surface area contributed by atoms with Crippen LogP contribution in [0.5, 0.6) is 0 Å². The molecule has 0 fully saturated rings. The first-order valence-corrected chi connectivity index (χ1v) is 6.18. The molecule has 2 aromatic rings. The molecule has 0 aliphatic heterocycles. The molecule has 0 atom stereocenters. The van der Waals surface area contributed by atoms with E-state index in [2.05, 4.69) is 29.8 Å². The van der Waals surface area contributed by atoms with Crippen molar-refractivity contribution < 1.29 is 9.90 Å². The predicted octanol–water partition coefficient (Wildman–Crippen LogP) is 2.95. The Morgan fingerprint density at radius 2 is 2.00 bits per heavy atom. The minimum Gasteiger partial charge on any atom is -0.478 e. The molecule has 19 heavy (non-hydrogen) atoms. The van der Waals surface area contributed by atoms with Crippen LogP contribution in [-0.4, -0.2) is 15.6 Å². The summed E-state index contributed by atoms with van der Waals surface area (Å²) in [5.74, 6) is -0.913. The van der Waals surface area contributed by atoms with Gasteiger partial charge < -0.3 is 15.0 Å². The maximum absolute atomic E-state index is 11.1. The number of hydrogen-bond donors (Lipinski definition) is 2. The number of carboxylic acids is 1. The van der Waals surface area contributed by atoms with Gasteiger partial charge in [0.05, 0.1) is 5.56 Å². The van der Waals surface area contributed by atoms with E-state index in [1.165, 1.54) is 17.0 Å². The lowest BCUT2D eigenvalue weighted by molar-refractivity contribution is 0.0698. The molecule has 2 N–H and O–H groups in total. The number of aromatic nitrogens is 1. The van der Waals surface area contributed by atoms with Crippen LogP contribution in [0.15, 0.2) is 30.3 Å². The maximum Gasteiger partial charge on any atom is 0.337 e. The summed E-state index contributed by atoms with van der Waals surface area (Å²) in [7, 11) is 2.03. The van der Waals surface area contributed by atoms with Crippen molar-refractivity contribution in [3.63, 3.8) is 0 Å². The molecule has 0 saturated heterocycles. The Hall–Kier alpha value is -2.23. The Labute approximate surface area is 112 Å². The molecular weight excluding hydrogens is 240 g/mol. The highest BCUT2D eigenvalue weighted by Gasteiger charge is 2.10. The highest BCUT2D eigenvalue weighted by atomic mass is 16.4. The zero-order valence-electron chi connectivity index (χ0n) is 11.4. The van der Waals surface area contributed by atoms with Crippen molar-refractivity contribution in [1.29, 1.82) is 0 Å². The number of rotatable bonds is 4. The van der Waals surface area contributed by atoms with Crippen molar-refractivity contribution in [2.24, 2.45) is 7.05 Å². The third-order valence-corrected chi connectivity index (χ3v) is 3.51. The van der Waals surface area contributed by atoms with Crippen molar-refractivity contribution in [2.75, 3.05) is 5.32 Å². The van der Waals surface area contributed by atoms with E-state index in [9.17, 15) is 4.79 Å². The van der Waals surface area contributed by atoms with Crippen LogP contribution in [-0.2, 0) is 13.6 Å². The Balaban J connectivity index is 2.19. The van der Waals surface area contributed by atoms with Gasteiger partial charge in [0.1, 0.15) is 0 Å². The fraction of sp³-hybridized carbons (Fsp3) is 0.267.